The minimum absolute atomic E-state index is 0. The topological polar surface area (TPSA) is 371 Å². The van der Waals surface area contributed by atoms with E-state index in [1.54, 1.807) is 124 Å². The van der Waals surface area contributed by atoms with E-state index in [1.165, 1.54) is 9.80 Å². The highest BCUT2D eigenvalue weighted by molar-refractivity contribution is 6.01. The molecular formula is C79H107Cl2F4N11O17. The van der Waals surface area contributed by atoms with Crippen LogP contribution in [-0.4, -0.2) is 219 Å². The molecule has 4 aliphatic heterocycles. The van der Waals surface area contributed by atoms with Crippen molar-refractivity contribution < 1.29 is 99.0 Å². The summed E-state index contributed by atoms with van der Waals surface area (Å²) < 4.78 is 83.7. The van der Waals surface area contributed by atoms with Gasteiger partial charge in [0.15, 0.2) is 0 Å². The summed E-state index contributed by atoms with van der Waals surface area (Å²) in [5.41, 5.74) is 16.0. The van der Waals surface area contributed by atoms with Crippen LogP contribution in [0.1, 0.15) is 147 Å². The maximum Gasteiger partial charge on any atom is 0.407 e. The average molecular weight is 1630 g/mol. The quantitative estimate of drug-likeness (QED) is 0.0235. The third kappa shape index (κ3) is 33.4. The van der Waals surface area contributed by atoms with Gasteiger partial charge in [-0.3, -0.25) is 38.4 Å². The van der Waals surface area contributed by atoms with Crippen LogP contribution >= 0.6 is 24.8 Å². The van der Waals surface area contributed by atoms with Gasteiger partial charge >= 0.3 is 18.2 Å². The Kier molecular flexibility index (Phi) is 40.4. The van der Waals surface area contributed by atoms with Crippen LogP contribution < -0.4 is 57.0 Å². The second-order valence-corrected chi connectivity index (χ2v) is 29.1. The van der Waals surface area contributed by atoms with Gasteiger partial charge in [-0.05, 0) is 204 Å². The standard InChI is InChI=1S/C23H32FN3O5.C20H25FN2O6.2C18H24FN3O3.2ClH/c1-15(2)26-20(28)13-27-9-8-17-10-18(6-7-19(17)21(27)29)31-14-16(11-24)12-25-22(30)32-23(3,4)5;1-20(2,3)29-19(27)22-10-13(9-21)12-28-15-4-5-16-14(8-15)6-7-23(18(16)26)11-17(24)25;2*1-12(2)21-17(23)10-22-6-5-14-7-15(3-4-16(14)18(22)24)25-11-13(8-19)9-20;;/h6-7,10-11,15H,8-9,12-14H2,1-5H3,(H,25,30)(H,26,28);4-5,8-9H,6-7,10-12H2,1-3H3,(H,22,27)(H,24,25);2*3-4,7-8,12H,5-6,9-11,20H2,1-2H3,(H,21,23);2*1H/b16-11+;13-9+;2*13-8+;;. The Hall–Kier alpha value is -10.4. The molecule has 113 heavy (non-hydrogen) atoms. The second kappa shape index (κ2) is 47.2. The van der Waals surface area contributed by atoms with Crippen molar-refractivity contribution >= 4 is 84.3 Å². The first-order valence-electron chi connectivity index (χ1n) is 36.2. The fourth-order valence-corrected chi connectivity index (χ4v) is 11.0. The molecular weight excluding hydrogens is 1520 g/mol. The Bertz CT molecular complexity index is 3960. The van der Waals surface area contributed by atoms with Gasteiger partial charge in [0.05, 0.1) is 45.0 Å². The largest absolute Gasteiger partial charge is 0.489 e. The lowest BCUT2D eigenvalue weighted by atomic mass is 9.98. The number of nitrogens with two attached hydrogens (primary N) is 2. The van der Waals surface area contributed by atoms with Crippen LogP contribution in [0.25, 0.3) is 0 Å². The van der Waals surface area contributed by atoms with Crippen LogP contribution in [0.4, 0.5) is 27.2 Å². The molecule has 4 aromatic rings. The summed E-state index contributed by atoms with van der Waals surface area (Å²) >= 11 is 0. The monoisotopic (exact) mass is 1630 g/mol. The van der Waals surface area contributed by atoms with E-state index >= 15 is 0 Å². The van der Waals surface area contributed by atoms with Crippen LogP contribution in [0.2, 0.25) is 0 Å². The third-order valence-corrected chi connectivity index (χ3v) is 16.2. The molecule has 0 saturated carbocycles. The Morgan fingerprint density at radius 1 is 0.425 bits per heavy atom. The number of hydrogen-bond acceptors (Lipinski definition) is 18. The lowest BCUT2D eigenvalue weighted by Crippen LogP contribution is -2.45. The SMILES string of the molecule is CC(C)(C)OC(=O)NC/C(=C\F)COc1ccc2c(c1)CCN(CC(=O)O)C2=O.CC(C)NC(=O)CN1CCc2cc(OC/C(=C/F)CN)ccc2C1=O.CC(C)NC(=O)CN1CCc2cc(OC/C(=C/F)CN)ccc2C1=O.CC(C)NC(=O)CN1CCc2cc(OC/C(=C/F)CNC(=O)OC(C)(C)C)ccc2C1=O.Cl.Cl. The molecule has 0 fully saturated rings. The summed E-state index contributed by atoms with van der Waals surface area (Å²) in [4.78, 5) is 126. The maximum atomic E-state index is 13.2. The Labute approximate surface area is 668 Å². The fourth-order valence-electron chi connectivity index (χ4n) is 11.0. The Balaban J connectivity index is 0.000000390. The van der Waals surface area contributed by atoms with Gasteiger partial charge in [0.1, 0.15) is 67.2 Å². The molecule has 0 bridgehead atoms. The number of carboxylic acids is 1. The molecule has 4 heterocycles. The second-order valence-electron chi connectivity index (χ2n) is 29.1. The van der Waals surface area contributed by atoms with Crippen molar-refractivity contribution in [2.24, 2.45) is 11.5 Å². The van der Waals surface area contributed by atoms with Crippen molar-refractivity contribution in [1.82, 2.24) is 46.2 Å². The number of aliphatic carboxylic acids is 1. The summed E-state index contributed by atoms with van der Waals surface area (Å²) in [6.45, 7) is 23.1. The number of benzene rings is 4. The lowest BCUT2D eigenvalue weighted by molar-refractivity contribution is -0.137. The molecule has 622 valence electrons. The van der Waals surface area contributed by atoms with E-state index in [4.69, 9.17) is 45.0 Å². The van der Waals surface area contributed by atoms with Crippen LogP contribution in [0, 0.1) is 0 Å². The number of alkyl carbamates (subject to hydrolysis) is 2. The van der Waals surface area contributed by atoms with E-state index in [0.29, 0.717) is 134 Å². The lowest BCUT2D eigenvalue weighted by Gasteiger charge is -2.28. The van der Waals surface area contributed by atoms with E-state index in [-0.39, 0.29) is 174 Å². The normalized spacial score (nSPS) is 14.1. The van der Waals surface area contributed by atoms with E-state index in [2.05, 4.69) is 26.6 Å². The molecule has 0 radical (unpaired) electrons. The van der Waals surface area contributed by atoms with Crippen molar-refractivity contribution in [2.75, 3.05) is 105 Å². The number of carboxylic acid groups (broad SMARTS) is 1. The van der Waals surface area contributed by atoms with Gasteiger partial charge in [-0.25, -0.2) is 27.2 Å². The highest BCUT2D eigenvalue weighted by Crippen LogP contribution is 2.29. The van der Waals surface area contributed by atoms with Crippen molar-refractivity contribution in [3.63, 3.8) is 0 Å². The van der Waals surface area contributed by atoms with E-state index < -0.39 is 29.4 Å². The molecule has 9 amide bonds. The summed E-state index contributed by atoms with van der Waals surface area (Å²) in [7, 11) is 0. The molecule has 4 aromatic carbocycles. The molecule has 8 rings (SSSR count). The number of carbonyl (C=O) groups is 10. The molecule has 0 unspecified atom stereocenters. The molecule has 0 aromatic heterocycles. The fraction of sp³-hybridized carbons (Fsp3) is 0.468. The summed E-state index contributed by atoms with van der Waals surface area (Å²) in [5.74, 6) is -0.424. The number of nitrogens with one attached hydrogen (secondary N) is 5. The zero-order chi connectivity index (χ0) is 82.3. The predicted molar refractivity (Wildman–Crippen MR) is 421 cm³/mol. The van der Waals surface area contributed by atoms with Crippen LogP contribution in [0.15, 0.2) is 120 Å². The maximum absolute atomic E-state index is 13.2. The average Bonchev–Trinajstić information content (AvgIpc) is 0.820. The van der Waals surface area contributed by atoms with Crippen LogP contribution in [0.3, 0.4) is 0 Å². The molecule has 4 aliphatic rings. The molecule has 0 aliphatic carbocycles. The number of ether oxygens (including phenoxy) is 6. The minimum atomic E-state index is -1.06. The summed E-state index contributed by atoms with van der Waals surface area (Å²) in [6.07, 6.45) is 2.70. The van der Waals surface area contributed by atoms with Gasteiger partial charge in [0.25, 0.3) is 23.6 Å². The smallest absolute Gasteiger partial charge is 0.407 e. The number of nitrogens with zero attached hydrogens (tertiary/aromatic N) is 4. The van der Waals surface area contributed by atoms with E-state index in [1.807, 2.05) is 41.5 Å². The predicted octanol–water partition coefficient (Wildman–Crippen LogP) is 9.14. The highest BCUT2D eigenvalue weighted by Gasteiger charge is 2.31. The first-order chi connectivity index (χ1) is 52.4. The van der Waals surface area contributed by atoms with Gasteiger partial charge in [0.2, 0.25) is 17.7 Å². The highest BCUT2D eigenvalue weighted by atomic mass is 35.5. The summed E-state index contributed by atoms with van der Waals surface area (Å²) in [6, 6.07) is 20.2. The third-order valence-electron chi connectivity index (χ3n) is 16.2. The number of halogens is 6. The number of fused-ring (bicyclic) bond motifs is 4. The molecule has 0 spiro atoms. The molecule has 0 saturated heterocycles. The van der Waals surface area contributed by atoms with Gasteiger partial charge in [-0.1, -0.05) is 0 Å². The number of amides is 9. The van der Waals surface area contributed by atoms with Crippen molar-refractivity contribution in [1.29, 1.82) is 0 Å². The van der Waals surface area contributed by atoms with E-state index in [9.17, 15) is 65.5 Å². The zero-order valence-corrected chi connectivity index (χ0v) is 67.5. The number of carbonyl (C=O) groups excluding carboxylic acids is 9. The van der Waals surface area contributed by atoms with Gasteiger partial charge < -0.3 is 91.2 Å². The number of hydrogen-bond donors (Lipinski definition) is 8. The van der Waals surface area contributed by atoms with Crippen molar-refractivity contribution in [2.45, 2.75) is 138 Å². The van der Waals surface area contributed by atoms with Crippen molar-refractivity contribution in [3.8, 4) is 23.0 Å². The Morgan fingerprint density at radius 2 is 0.664 bits per heavy atom. The van der Waals surface area contributed by atoms with Gasteiger partial charge in [0, 0.05) is 115 Å². The first-order valence-corrected chi connectivity index (χ1v) is 36.2. The molecule has 0 atom stereocenters. The zero-order valence-electron chi connectivity index (χ0n) is 65.9. The first kappa shape index (κ1) is 96.8. The van der Waals surface area contributed by atoms with E-state index in [0.717, 1.165) is 22.3 Å². The van der Waals surface area contributed by atoms with Gasteiger partial charge in [-0.2, -0.15) is 0 Å². The summed E-state index contributed by atoms with van der Waals surface area (Å²) in [5, 5.41) is 22.2. The Morgan fingerprint density at radius 3 is 0.876 bits per heavy atom. The minimum Gasteiger partial charge on any atom is -0.489 e. The number of rotatable bonds is 29. The van der Waals surface area contributed by atoms with Crippen LogP contribution in [-0.2, 0) is 54.3 Å². The molecule has 10 N–H and O–H groups in total. The van der Waals surface area contributed by atoms with Crippen LogP contribution in [0.5, 0.6) is 23.0 Å². The van der Waals surface area contributed by atoms with Gasteiger partial charge in [-0.15, -0.1) is 24.8 Å². The molecule has 34 heteroatoms. The van der Waals surface area contributed by atoms with Crippen molar-refractivity contribution in [3.05, 3.63) is 165 Å². The molecule has 28 nitrogen and oxygen atoms in total.